The van der Waals surface area contributed by atoms with Gasteiger partial charge in [0.2, 0.25) is 5.91 Å². The van der Waals surface area contributed by atoms with Gasteiger partial charge < -0.3 is 5.73 Å². The number of nitrogens with zero attached hydrogens (tertiary/aromatic N) is 3. The summed E-state index contributed by atoms with van der Waals surface area (Å²) in [5.74, 6) is -0.348. The topological polar surface area (TPSA) is 73.8 Å². The third-order valence-corrected chi connectivity index (χ3v) is 1.92. The Balaban J connectivity index is 2.63. The quantitative estimate of drug-likeness (QED) is 0.720. The number of nitrogens with two attached hydrogens (primary N) is 1. The molecule has 1 atom stereocenters. The number of hydrogen-bond acceptors (Lipinski definition) is 3. The number of aromatic nitrogens is 3. The van der Waals surface area contributed by atoms with Crippen LogP contribution in [0.4, 0.5) is 0 Å². The van der Waals surface area contributed by atoms with Crippen molar-refractivity contribution in [2.75, 3.05) is 0 Å². The zero-order valence-electron chi connectivity index (χ0n) is 7.68. The monoisotopic (exact) mass is 182 g/mol. The molecular weight excluding hydrogens is 168 g/mol. The van der Waals surface area contributed by atoms with Crippen LogP contribution in [0.15, 0.2) is 12.7 Å². The van der Waals surface area contributed by atoms with Crippen molar-refractivity contribution >= 4 is 5.91 Å². The maximum Gasteiger partial charge on any atom is 0.242 e. The van der Waals surface area contributed by atoms with Crippen molar-refractivity contribution in [2.45, 2.75) is 32.2 Å². The van der Waals surface area contributed by atoms with Gasteiger partial charge in [0.1, 0.15) is 18.7 Å². The van der Waals surface area contributed by atoms with Crippen molar-refractivity contribution in [2.24, 2.45) is 5.73 Å². The lowest BCUT2D eigenvalue weighted by atomic mass is 10.1. The van der Waals surface area contributed by atoms with Gasteiger partial charge in [-0.05, 0) is 6.42 Å². The van der Waals surface area contributed by atoms with Gasteiger partial charge in [-0.25, -0.2) is 9.67 Å². The van der Waals surface area contributed by atoms with Crippen molar-refractivity contribution in [1.29, 1.82) is 0 Å². The molecule has 1 unspecified atom stereocenters. The van der Waals surface area contributed by atoms with E-state index in [2.05, 4.69) is 17.0 Å². The van der Waals surface area contributed by atoms with Crippen LogP contribution in [0.25, 0.3) is 0 Å². The van der Waals surface area contributed by atoms with Crippen molar-refractivity contribution in [3.63, 3.8) is 0 Å². The maximum absolute atomic E-state index is 11.0. The van der Waals surface area contributed by atoms with Crippen LogP contribution in [-0.2, 0) is 4.79 Å². The molecule has 13 heavy (non-hydrogen) atoms. The highest BCUT2D eigenvalue weighted by molar-refractivity contribution is 5.78. The predicted molar refractivity (Wildman–Crippen MR) is 47.8 cm³/mol. The third kappa shape index (κ3) is 2.54. The lowest BCUT2D eigenvalue weighted by Crippen LogP contribution is -2.26. The summed E-state index contributed by atoms with van der Waals surface area (Å²) in [6.45, 7) is 2.07. The van der Waals surface area contributed by atoms with Gasteiger partial charge in [-0.15, -0.1) is 0 Å². The summed E-state index contributed by atoms with van der Waals surface area (Å²) >= 11 is 0. The molecule has 0 bridgehead atoms. The molecule has 1 aromatic heterocycles. The lowest BCUT2D eigenvalue weighted by Gasteiger charge is -2.11. The van der Waals surface area contributed by atoms with E-state index in [1.54, 1.807) is 0 Å². The molecule has 0 aliphatic rings. The van der Waals surface area contributed by atoms with Crippen LogP contribution in [0.1, 0.15) is 32.2 Å². The molecule has 0 saturated heterocycles. The molecule has 0 aliphatic heterocycles. The SMILES string of the molecule is CCCCC(C(N)=O)n1cncn1. The fraction of sp³-hybridized carbons (Fsp3) is 0.625. The average Bonchev–Trinajstić information content (AvgIpc) is 2.57. The molecule has 0 spiro atoms. The number of carbonyl (C=O) groups is 1. The largest absolute Gasteiger partial charge is 0.368 e. The fourth-order valence-electron chi connectivity index (χ4n) is 1.18. The highest BCUT2D eigenvalue weighted by Gasteiger charge is 2.16. The van der Waals surface area contributed by atoms with Crippen LogP contribution in [0.5, 0.6) is 0 Å². The minimum absolute atomic E-state index is 0.345. The van der Waals surface area contributed by atoms with Gasteiger partial charge in [0.15, 0.2) is 0 Å². The zero-order chi connectivity index (χ0) is 9.68. The Morgan fingerprint density at radius 2 is 2.46 bits per heavy atom. The van der Waals surface area contributed by atoms with Gasteiger partial charge in [-0.1, -0.05) is 19.8 Å². The highest BCUT2D eigenvalue weighted by atomic mass is 16.1. The Hall–Kier alpha value is -1.39. The number of amides is 1. The van der Waals surface area contributed by atoms with E-state index in [0.29, 0.717) is 0 Å². The smallest absolute Gasteiger partial charge is 0.242 e. The summed E-state index contributed by atoms with van der Waals surface area (Å²) in [6, 6.07) is -0.345. The first-order valence-electron chi connectivity index (χ1n) is 4.39. The Bertz CT molecular complexity index is 257. The minimum Gasteiger partial charge on any atom is -0.368 e. The molecule has 1 heterocycles. The van der Waals surface area contributed by atoms with Gasteiger partial charge >= 0.3 is 0 Å². The van der Waals surface area contributed by atoms with Crippen molar-refractivity contribution in [3.05, 3.63) is 12.7 Å². The number of primary amides is 1. The van der Waals surface area contributed by atoms with E-state index < -0.39 is 0 Å². The summed E-state index contributed by atoms with van der Waals surface area (Å²) < 4.78 is 1.51. The number of rotatable bonds is 5. The van der Waals surface area contributed by atoms with Crippen molar-refractivity contribution in [3.8, 4) is 0 Å². The van der Waals surface area contributed by atoms with Crippen LogP contribution in [0, 0.1) is 0 Å². The van der Waals surface area contributed by atoms with E-state index in [4.69, 9.17) is 5.73 Å². The van der Waals surface area contributed by atoms with E-state index in [0.717, 1.165) is 19.3 Å². The van der Waals surface area contributed by atoms with Crippen LogP contribution >= 0.6 is 0 Å². The normalized spacial score (nSPS) is 12.7. The number of carbonyl (C=O) groups excluding carboxylic acids is 1. The Morgan fingerprint density at radius 3 is 2.92 bits per heavy atom. The molecule has 1 aromatic rings. The molecule has 0 radical (unpaired) electrons. The van der Waals surface area contributed by atoms with Gasteiger partial charge in [0.05, 0.1) is 0 Å². The van der Waals surface area contributed by atoms with E-state index >= 15 is 0 Å². The third-order valence-electron chi connectivity index (χ3n) is 1.92. The lowest BCUT2D eigenvalue weighted by molar-refractivity contribution is -0.121. The zero-order valence-corrected chi connectivity index (χ0v) is 7.68. The fourth-order valence-corrected chi connectivity index (χ4v) is 1.18. The van der Waals surface area contributed by atoms with Crippen LogP contribution in [0.3, 0.4) is 0 Å². The second kappa shape index (κ2) is 4.59. The molecule has 0 aliphatic carbocycles. The molecule has 0 aromatic carbocycles. The Morgan fingerprint density at radius 1 is 1.69 bits per heavy atom. The van der Waals surface area contributed by atoms with Gasteiger partial charge in [-0.2, -0.15) is 5.10 Å². The second-order valence-corrected chi connectivity index (χ2v) is 2.94. The molecular formula is C8H14N4O. The molecule has 1 rings (SSSR count). The first kappa shape index (κ1) is 9.70. The predicted octanol–water partition coefficient (Wildman–Crippen LogP) is 0.495. The van der Waals surface area contributed by atoms with Crippen LogP contribution in [-0.4, -0.2) is 20.7 Å². The number of unbranched alkanes of at least 4 members (excludes halogenated alkanes) is 1. The second-order valence-electron chi connectivity index (χ2n) is 2.94. The van der Waals surface area contributed by atoms with E-state index in [9.17, 15) is 4.79 Å². The average molecular weight is 182 g/mol. The Kier molecular flexibility index (Phi) is 3.42. The van der Waals surface area contributed by atoms with Crippen LogP contribution in [0.2, 0.25) is 0 Å². The molecule has 1 amide bonds. The first-order valence-corrected chi connectivity index (χ1v) is 4.39. The maximum atomic E-state index is 11.0. The molecule has 5 heteroatoms. The van der Waals surface area contributed by atoms with Gasteiger partial charge in [0, 0.05) is 0 Å². The van der Waals surface area contributed by atoms with E-state index in [-0.39, 0.29) is 11.9 Å². The minimum atomic E-state index is -0.348. The van der Waals surface area contributed by atoms with Crippen molar-refractivity contribution in [1.82, 2.24) is 14.8 Å². The first-order chi connectivity index (χ1) is 6.25. The van der Waals surface area contributed by atoms with E-state index in [1.807, 2.05) is 0 Å². The molecule has 0 saturated carbocycles. The van der Waals surface area contributed by atoms with Crippen molar-refractivity contribution < 1.29 is 4.79 Å². The molecule has 72 valence electrons. The summed E-state index contributed by atoms with van der Waals surface area (Å²) in [5, 5.41) is 3.90. The summed E-state index contributed by atoms with van der Waals surface area (Å²) in [4.78, 5) is 14.8. The Labute approximate surface area is 76.9 Å². The van der Waals surface area contributed by atoms with Gasteiger partial charge in [0.25, 0.3) is 0 Å². The molecule has 0 fully saturated rings. The van der Waals surface area contributed by atoms with Gasteiger partial charge in [-0.3, -0.25) is 4.79 Å². The number of hydrogen-bond donors (Lipinski definition) is 1. The van der Waals surface area contributed by atoms with E-state index in [1.165, 1.54) is 17.3 Å². The standard InChI is InChI=1S/C8H14N4O/c1-2-3-4-7(8(9)13)12-6-10-5-11-12/h5-7H,2-4H2,1H3,(H2,9,13). The highest BCUT2D eigenvalue weighted by Crippen LogP contribution is 2.12. The summed E-state index contributed by atoms with van der Waals surface area (Å²) in [7, 11) is 0. The van der Waals surface area contributed by atoms with Crippen LogP contribution < -0.4 is 5.73 Å². The summed E-state index contributed by atoms with van der Waals surface area (Å²) in [5.41, 5.74) is 5.24. The molecule has 2 N–H and O–H groups in total. The summed E-state index contributed by atoms with van der Waals surface area (Å²) in [6.07, 6.45) is 5.66. The molecule has 5 nitrogen and oxygen atoms in total.